The van der Waals surface area contributed by atoms with Crippen LogP contribution in [0, 0.1) is 0 Å². The first-order valence-corrected chi connectivity index (χ1v) is 8.68. The maximum Gasteiger partial charge on any atom is 0.262 e. The molecule has 3 heterocycles. The second-order valence-corrected chi connectivity index (χ2v) is 7.33. The minimum atomic E-state index is -0.268. The molecule has 0 aromatic carbocycles. The van der Waals surface area contributed by atoms with Crippen LogP contribution in [0.15, 0.2) is 35.5 Å². The number of rotatable bonds is 5. The molecule has 3 N–H and O–H groups in total. The van der Waals surface area contributed by atoms with Crippen LogP contribution in [0.4, 0.5) is 11.8 Å². The van der Waals surface area contributed by atoms with Gasteiger partial charge in [-0.1, -0.05) is 0 Å². The van der Waals surface area contributed by atoms with Crippen LogP contribution in [0.1, 0.15) is 20.8 Å². The Morgan fingerprint density at radius 3 is 2.59 bits per heavy atom. The van der Waals surface area contributed by atoms with Gasteiger partial charge in [0, 0.05) is 43.3 Å². The highest BCUT2D eigenvalue weighted by Crippen LogP contribution is 2.27. The molecule has 0 unspecified atom stereocenters. The van der Waals surface area contributed by atoms with Gasteiger partial charge in [-0.2, -0.15) is 0 Å². The van der Waals surface area contributed by atoms with Crippen molar-refractivity contribution in [3.05, 3.63) is 41.1 Å². The Kier molecular flexibility index (Phi) is 5.09. The van der Waals surface area contributed by atoms with E-state index in [0.29, 0.717) is 30.0 Å². The Hall–Kier alpha value is -3.00. The Balaban J connectivity index is 2.21. The molecule has 0 radical (unpaired) electrons. The van der Waals surface area contributed by atoms with Crippen LogP contribution in [-0.4, -0.2) is 38.8 Å². The minimum absolute atomic E-state index is 0.107. The molecule has 142 valence electrons. The number of methoxy groups -OCH3 is 1. The van der Waals surface area contributed by atoms with Crippen molar-refractivity contribution in [3.63, 3.8) is 0 Å². The Morgan fingerprint density at radius 2 is 1.96 bits per heavy atom. The minimum Gasteiger partial charge on any atom is -0.383 e. The maximum absolute atomic E-state index is 13.0. The van der Waals surface area contributed by atoms with Gasteiger partial charge in [0.05, 0.1) is 17.7 Å². The third-order valence-corrected chi connectivity index (χ3v) is 3.96. The Bertz CT molecular complexity index is 1010. The predicted molar refractivity (Wildman–Crippen MR) is 107 cm³/mol. The van der Waals surface area contributed by atoms with Crippen LogP contribution in [0.2, 0.25) is 0 Å². The largest absolute Gasteiger partial charge is 0.383 e. The van der Waals surface area contributed by atoms with Crippen LogP contribution in [0.3, 0.4) is 0 Å². The van der Waals surface area contributed by atoms with Gasteiger partial charge >= 0.3 is 0 Å². The third-order valence-electron chi connectivity index (χ3n) is 3.96. The van der Waals surface area contributed by atoms with E-state index < -0.39 is 0 Å². The average Bonchev–Trinajstić information content (AvgIpc) is 2.60. The Labute approximate surface area is 157 Å². The quantitative estimate of drug-likeness (QED) is 0.711. The van der Waals surface area contributed by atoms with E-state index in [1.165, 1.54) is 0 Å². The van der Waals surface area contributed by atoms with Gasteiger partial charge in [0.2, 0.25) is 5.95 Å². The summed E-state index contributed by atoms with van der Waals surface area (Å²) in [6.07, 6.45) is 5.02. The van der Waals surface area contributed by atoms with Crippen molar-refractivity contribution < 1.29 is 4.74 Å². The normalized spacial score (nSPS) is 11.7. The summed E-state index contributed by atoms with van der Waals surface area (Å²) in [6.45, 7) is 7.00. The smallest absolute Gasteiger partial charge is 0.262 e. The molecular weight excluding hydrogens is 344 g/mol. The van der Waals surface area contributed by atoms with Crippen LogP contribution in [0.5, 0.6) is 0 Å². The molecular formula is C19H24N6O2. The molecule has 0 amide bonds. The highest BCUT2D eigenvalue weighted by molar-refractivity contribution is 5.94. The van der Waals surface area contributed by atoms with Gasteiger partial charge in [-0.3, -0.25) is 4.79 Å². The summed E-state index contributed by atoms with van der Waals surface area (Å²) in [5.74, 6) is 0.734. The van der Waals surface area contributed by atoms with Crippen molar-refractivity contribution in [2.45, 2.75) is 32.9 Å². The second kappa shape index (κ2) is 7.32. The highest BCUT2D eigenvalue weighted by atomic mass is 16.5. The lowest BCUT2D eigenvalue weighted by atomic mass is 10.1. The number of ether oxygens (including phenoxy) is 1. The zero-order valence-electron chi connectivity index (χ0n) is 16.0. The van der Waals surface area contributed by atoms with Gasteiger partial charge in [0.25, 0.3) is 5.56 Å². The molecule has 8 heteroatoms. The number of hydrogen-bond donors (Lipinski definition) is 2. The number of nitrogen functional groups attached to an aromatic ring is 1. The molecule has 3 rings (SSSR count). The van der Waals surface area contributed by atoms with E-state index >= 15 is 0 Å². The average molecular weight is 368 g/mol. The van der Waals surface area contributed by atoms with Gasteiger partial charge in [0.15, 0.2) is 0 Å². The molecule has 0 aliphatic rings. The second-order valence-electron chi connectivity index (χ2n) is 7.33. The number of fused-ring (bicyclic) bond motifs is 1. The van der Waals surface area contributed by atoms with Crippen molar-refractivity contribution >= 4 is 22.5 Å². The first kappa shape index (κ1) is 18.8. The van der Waals surface area contributed by atoms with Gasteiger partial charge < -0.3 is 20.4 Å². The van der Waals surface area contributed by atoms with E-state index in [0.717, 1.165) is 10.9 Å². The number of aromatic nitrogens is 4. The molecule has 0 atom stereocenters. The number of nitrogens with one attached hydrogen (secondary N) is 1. The molecule has 0 aliphatic heterocycles. The number of nitrogens with two attached hydrogens (primary N) is 1. The fourth-order valence-electron chi connectivity index (χ4n) is 2.73. The van der Waals surface area contributed by atoms with Crippen molar-refractivity contribution in [2.75, 3.05) is 24.8 Å². The fourth-order valence-corrected chi connectivity index (χ4v) is 2.73. The molecule has 0 saturated carbocycles. The number of pyridine rings is 2. The summed E-state index contributed by atoms with van der Waals surface area (Å²) in [5.41, 5.74) is 6.60. The summed E-state index contributed by atoms with van der Waals surface area (Å²) in [6, 6.07) is 3.77. The van der Waals surface area contributed by atoms with Gasteiger partial charge in [0.1, 0.15) is 5.82 Å². The van der Waals surface area contributed by atoms with Crippen LogP contribution in [0.25, 0.3) is 22.0 Å². The topological polar surface area (TPSA) is 108 Å². The van der Waals surface area contributed by atoms with E-state index in [4.69, 9.17) is 15.5 Å². The number of anilines is 2. The fraction of sp³-hybridized carbons (Fsp3) is 0.368. The predicted octanol–water partition coefficient (Wildman–Crippen LogP) is 2.29. The van der Waals surface area contributed by atoms with Gasteiger partial charge in [-0.05, 0) is 38.3 Å². The lowest BCUT2D eigenvalue weighted by Crippen LogP contribution is -2.29. The monoisotopic (exact) mass is 368 g/mol. The van der Waals surface area contributed by atoms with Gasteiger partial charge in [-0.15, -0.1) is 0 Å². The van der Waals surface area contributed by atoms with Crippen molar-refractivity contribution in [3.8, 4) is 11.3 Å². The van der Waals surface area contributed by atoms with Crippen LogP contribution < -0.4 is 16.6 Å². The molecule has 27 heavy (non-hydrogen) atoms. The molecule has 0 fully saturated rings. The molecule has 0 aliphatic carbocycles. The molecule has 0 bridgehead atoms. The van der Waals surface area contributed by atoms with E-state index in [1.54, 1.807) is 30.3 Å². The van der Waals surface area contributed by atoms with E-state index in [-0.39, 0.29) is 17.0 Å². The summed E-state index contributed by atoms with van der Waals surface area (Å²) in [4.78, 5) is 25.8. The first-order valence-electron chi connectivity index (χ1n) is 8.68. The van der Waals surface area contributed by atoms with E-state index in [1.807, 2.05) is 32.9 Å². The summed E-state index contributed by atoms with van der Waals surface area (Å²) in [5, 5.41) is 4.69. The van der Waals surface area contributed by atoms with Crippen LogP contribution in [-0.2, 0) is 11.3 Å². The lowest BCUT2D eigenvalue weighted by Gasteiger charge is -2.23. The summed E-state index contributed by atoms with van der Waals surface area (Å²) >= 11 is 0. The van der Waals surface area contributed by atoms with E-state index in [2.05, 4.69) is 15.3 Å². The summed E-state index contributed by atoms with van der Waals surface area (Å²) < 4.78 is 6.73. The molecule has 3 aromatic rings. The van der Waals surface area contributed by atoms with Crippen molar-refractivity contribution in [1.29, 1.82) is 0 Å². The van der Waals surface area contributed by atoms with Gasteiger partial charge in [-0.25, -0.2) is 15.0 Å². The SMILES string of the molecule is COCCn1ccc2cc(-c3cnc(N)nc3)nc(NC(C)(C)C)c2c1=O. The molecule has 0 spiro atoms. The van der Waals surface area contributed by atoms with Crippen molar-refractivity contribution in [1.82, 2.24) is 19.5 Å². The molecule has 8 nitrogen and oxygen atoms in total. The van der Waals surface area contributed by atoms with Crippen LogP contribution >= 0.6 is 0 Å². The summed E-state index contributed by atoms with van der Waals surface area (Å²) in [7, 11) is 1.61. The highest BCUT2D eigenvalue weighted by Gasteiger charge is 2.18. The Morgan fingerprint density at radius 1 is 1.26 bits per heavy atom. The first-order chi connectivity index (χ1) is 12.8. The maximum atomic E-state index is 13.0. The van der Waals surface area contributed by atoms with E-state index in [9.17, 15) is 4.79 Å². The number of hydrogen-bond acceptors (Lipinski definition) is 7. The van der Waals surface area contributed by atoms with Crippen molar-refractivity contribution in [2.24, 2.45) is 0 Å². The molecule has 0 saturated heterocycles. The third kappa shape index (κ3) is 4.22. The standard InChI is InChI=1S/C19H24N6O2/c1-19(2,3)24-16-15-12(5-6-25(17(15)26)7-8-27-4)9-14(23-16)13-10-21-18(20)22-11-13/h5-6,9-11H,7-8H2,1-4H3,(H,23,24)(H2,20,21,22). The lowest BCUT2D eigenvalue weighted by molar-refractivity contribution is 0.186. The zero-order valence-corrected chi connectivity index (χ0v) is 16.0. The molecule has 3 aromatic heterocycles. The number of nitrogens with zero attached hydrogens (tertiary/aromatic N) is 4. The zero-order chi connectivity index (χ0) is 19.6.